The molecule has 6 nitrogen and oxygen atoms in total. The molecule has 0 spiro atoms. The minimum atomic E-state index is -0.981. The molecule has 4 aliphatic carbocycles. The fraction of sp³-hybridized carbons (Fsp3) is 0.767. The fourth-order valence-corrected chi connectivity index (χ4v) is 8.82. The van der Waals surface area contributed by atoms with Crippen molar-refractivity contribution in [2.45, 2.75) is 106 Å². The van der Waals surface area contributed by atoms with E-state index in [1.807, 2.05) is 13.0 Å². The van der Waals surface area contributed by atoms with Crippen molar-refractivity contribution in [2.75, 3.05) is 0 Å². The summed E-state index contributed by atoms with van der Waals surface area (Å²) in [4.78, 5) is 37.9. The zero-order valence-electron chi connectivity index (χ0n) is 23.0. The molecule has 0 aromatic carbocycles. The highest BCUT2D eigenvalue weighted by atomic mass is 16.4. The molecule has 0 amide bonds. The van der Waals surface area contributed by atoms with E-state index < -0.39 is 28.8 Å². The van der Waals surface area contributed by atoms with Crippen LogP contribution in [0.5, 0.6) is 0 Å². The molecule has 0 aromatic heterocycles. The molecule has 8 atom stereocenters. The third-order valence-electron chi connectivity index (χ3n) is 11.2. The van der Waals surface area contributed by atoms with Crippen LogP contribution < -0.4 is 0 Å². The zero-order chi connectivity index (χ0) is 27.0. The van der Waals surface area contributed by atoms with Gasteiger partial charge in [-0.15, -0.1) is 0 Å². The number of hydrogen-bond acceptors (Lipinski definition) is 5. The number of Topliss-reactive ketones (excluding diaryl/α,β-unsaturated/α-hetero) is 2. The van der Waals surface area contributed by atoms with E-state index in [0.29, 0.717) is 12.8 Å². The largest absolute Gasteiger partial charge is 0.481 e. The Balaban J connectivity index is 1.70. The van der Waals surface area contributed by atoms with Crippen molar-refractivity contribution >= 4 is 17.5 Å². The molecule has 1 saturated carbocycles. The van der Waals surface area contributed by atoms with E-state index in [1.54, 1.807) is 0 Å². The lowest BCUT2D eigenvalue weighted by Crippen LogP contribution is -2.58. The lowest BCUT2D eigenvalue weighted by molar-refractivity contribution is -0.143. The number of carboxylic acids is 1. The van der Waals surface area contributed by atoms with Gasteiger partial charge >= 0.3 is 5.97 Å². The van der Waals surface area contributed by atoms with Crippen LogP contribution in [0, 0.1) is 39.4 Å². The van der Waals surface area contributed by atoms with Gasteiger partial charge in [0.1, 0.15) is 5.78 Å². The maximum Gasteiger partial charge on any atom is 0.306 e. The summed E-state index contributed by atoms with van der Waals surface area (Å²) in [5.74, 6) is -1.67. The van der Waals surface area contributed by atoms with E-state index in [4.69, 9.17) is 0 Å². The zero-order valence-corrected chi connectivity index (χ0v) is 23.0. The quantitative estimate of drug-likeness (QED) is 0.449. The summed E-state index contributed by atoms with van der Waals surface area (Å²) in [5.41, 5.74) is 1.07. The van der Waals surface area contributed by atoms with Crippen molar-refractivity contribution in [3.8, 4) is 0 Å². The number of carbonyl (C=O) groups excluding carboxylic acids is 2. The highest BCUT2D eigenvalue weighted by molar-refractivity contribution is 6.00. The monoisotopic (exact) mass is 500 g/mol. The van der Waals surface area contributed by atoms with E-state index in [1.165, 1.54) is 6.92 Å². The van der Waals surface area contributed by atoms with E-state index in [2.05, 4.69) is 34.6 Å². The summed E-state index contributed by atoms with van der Waals surface area (Å²) in [6, 6.07) is 0. The van der Waals surface area contributed by atoms with Crippen molar-refractivity contribution < 1.29 is 29.7 Å². The Hall–Kier alpha value is -1.79. The number of allylic oxidation sites excluding steroid dienone is 2. The molecule has 0 radical (unpaired) electrons. The van der Waals surface area contributed by atoms with Gasteiger partial charge in [-0.3, -0.25) is 14.4 Å². The second-order valence-corrected chi connectivity index (χ2v) is 13.5. The summed E-state index contributed by atoms with van der Waals surface area (Å²) in [6.07, 6.45) is 4.25. The van der Waals surface area contributed by atoms with E-state index in [-0.39, 0.29) is 53.2 Å². The van der Waals surface area contributed by atoms with Crippen LogP contribution in [0.3, 0.4) is 0 Å². The van der Waals surface area contributed by atoms with Crippen LogP contribution in [0.1, 0.15) is 93.4 Å². The second-order valence-electron chi connectivity index (χ2n) is 13.5. The van der Waals surface area contributed by atoms with Gasteiger partial charge in [-0.05, 0) is 48.3 Å². The molecule has 4 aliphatic rings. The lowest BCUT2D eigenvalue weighted by atomic mass is 9.43. The van der Waals surface area contributed by atoms with Crippen LogP contribution in [0.2, 0.25) is 0 Å². The summed E-state index contributed by atoms with van der Waals surface area (Å²) in [7, 11) is 0. The van der Waals surface area contributed by atoms with Gasteiger partial charge < -0.3 is 15.3 Å². The van der Waals surface area contributed by atoms with E-state index >= 15 is 0 Å². The Kier molecular flexibility index (Phi) is 6.53. The van der Waals surface area contributed by atoms with E-state index in [0.717, 1.165) is 36.0 Å². The van der Waals surface area contributed by atoms with Crippen LogP contribution in [0.15, 0.2) is 22.8 Å². The first-order valence-electron chi connectivity index (χ1n) is 13.6. The van der Waals surface area contributed by atoms with Crippen molar-refractivity contribution in [2.24, 2.45) is 39.4 Å². The fourth-order valence-electron chi connectivity index (χ4n) is 8.82. The van der Waals surface area contributed by atoms with Gasteiger partial charge in [-0.25, -0.2) is 0 Å². The van der Waals surface area contributed by atoms with Crippen LogP contribution in [-0.4, -0.2) is 45.1 Å². The Morgan fingerprint density at radius 3 is 2.31 bits per heavy atom. The molecule has 3 N–H and O–H groups in total. The molecule has 4 rings (SSSR count). The Morgan fingerprint density at radius 2 is 1.69 bits per heavy atom. The molecule has 1 unspecified atom stereocenters. The number of carbonyl (C=O) groups is 3. The number of aliphatic hydroxyl groups is 2. The number of hydrogen-bond donors (Lipinski definition) is 3. The van der Waals surface area contributed by atoms with Gasteiger partial charge in [-0.1, -0.05) is 65.7 Å². The number of rotatable bonds is 6. The Labute approximate surface area is 215 Å². The van der Waals surface area contributed by atoms with Crippen molar-refractivity contribution in [3.05, 3.63) is 22.8 Å². The first-order chi connectivity index (χ1) is 16.5. The molecule has 0 bridgehead atoms. The van der Waals surface area contributed by atoms with Gasteiger partial charge in [0.25, 0.3) is 0 Å². The lowest BCUT2D eigenvalue weighted by Gasteiger charge is -2.61. The molecule has 6 heteroatoms. The Bertz CT molecular complexity index is 1050. The molecule has 0 heterocycles. The van der Waals surface area contributed by atoms with Crippen molar-refractivity contribution in [1.29, 1.82) is 0 Å². The molecule has 200 valence electrons. The number of aliphatic carboxylic acids is 1. The third-order valence-corrected chi connectivity index (χ3v) is 11.2. The second kappa shape index (κ2) is 8.62. The average Bonchev–Trinajstić information content (AvgIpc) is 2.97. The molecular weight excluding hydrogens is 456 g/mol. The minimum Gasteiger partial charge on any atom is -0.481 e. The van der Waals surface area contributed by atoms with Crippen LogP contribution in [0.4, 0.5) is 0 Å². The van der Waals surface area contributed by atoms with E-state index in [9.17, 15) is 29.7 Å². The smallest absolute Gasteiger partial charge is 0.306 e. The van der Waals surface area contributed by atoms with Crippen LogP contribution >= 0.6 is 0 Å². The number of aliphatic hydroxyl groups excluding tert-OH is 2. The summed E-state index contributed by atoms with van der Waals surface area (Å²) >= 11 is 0. The summed E-state index contributed by atoms with van der Waals surface area (Å²) in [5, 5.41) is 31.5. The molecule has 1 fully saturated rings. The summed E-state index contributed by atoms with van der Waals surface area (Å²) < 4.78 is 0. The topological polar surface area (TPSA) is 112 Å². The first-order valence-corrected chi connectivity index (χ1v) is 13.6. The van der Waals surface area contributed by atoms with Crippen molar-refractivity contribution in [1.82, 2.24) is 0 Å². The third kappa shape index (κ3) is 3.61. The van der Waals surface area contributed by atoms with Crippen LogP contribution in [-0.2, 0) is 14.4 Å². The number of ketones is 2. The average molecular weight is 501 g/mol. The first kappa shape index (κ1) is 27.3. The van der Waals surface area contributed by atoms with Gasteiger partial charge in [0.15, 0.2) is 5.78 Å². The minimum absolute atomic E-state index is 0.0148. The number of carboxylic acid groups (broad SMARTS) is 1. The van der Waals surface area contributed by atoms with Gasteiger partial charge in [0.05, 0.1) is 18.1 Å². The maximum atomic E-state index is 14.0. The predicted molar refractivity (Wildman–Crippen MR) is 137 cm³/mol. The predicted octanol–water partition coefficient (Wildman–Crippen LogP) is 4.87. The molecule has 36 heavy (non-hydrogen) atoms. The molecule has 0 saturated heterocycles. The Morgan fingerprint density at radius 1 is 1.06 bits per heavy atom. The molecular formula is C30H44O6. The summed E-state index contributed by atoms with van der Waals surface area (Å²) in [6.45, 7) is 14.1. The molecule has 0 aromatic rings. The van der Waals surface area contributed by atoms with Crippen LogP contribution in [0.25, 0.3) is 0 Å². The highest BCUT2D eigenvalue weighted by Gasteiger charge is 2.66. The standard InChI is InChI=1S/C30H44O6/c1-16(12-18(31)13-17(2)26(35)36)20-14-24(34)30(7)19-8-9-22-27(3,4)23(33)10-11-28(22,5)25(19)21(32)15-29(20,30)6/h14,16-17,22-24,33-34H,8-13,15H2,1-7H3,(H,35,36)/t16-,17?,22+,23+,24+,28+,29-,30-/m1/s1. The molecule has 0 aliphatic heterocycles. The van der Waals surface area contributed by atoms with Crippen molar-refractivity contribution in [3.63, 3.8) is 0 Å². The van der Waals surface area contributed by atoms with Gasteiger partial charge in [0, 0.05) is 35.7 Å². The maximum absolute atomic E-state index is 14.0. The SMILES string of the molecule is CC(CC(=O)C[C@@H](C)C1=C[C@H](O)[C@@]2(C)C3=C(C(=O)C[C@]12C)[C@@]1(C)CC[C@H](O)C(C)(C)[C@@H]1CC3)C(=O)O. The highest BCUT2D eigenvalue weighted by Crippen LogP contribution is 2.70. The van der Waals surface area contributed by atoms with Gasteiger partial charge in [0.2, 0.25) is 0 Å². The van der Waals surface area contributed by atoms with Gasteiger partial charge in [-0.2, -0.15) is 0 Å². The normalized spacial score (nSPS) is 41.1. The number of fused-ring (bicyclic) bond motifs is 4.